The Hall–Kier alpha value is -3.53. The molecule has 0 bridgehead atoms. The van der Waals surface area contributed by atoms with E-state index in [0.717, 1.165) is 68.3 Å². The van der Waals surface area contributed by atoms with Crippen LogP contribution in [0.3, 0.4) is 0 Å². The van der Waals surface area contributed by atoms with Crippen LogP contribution in [0.5, 0.6) is 0 Å². The first-order valence-electron chi connectivity index (χ1n) is 13.4. The van der Waals surface area contributed by atoms with Gasteiger partial charge in [-0.25, -0.2) is 10.4 Å². The fourth-order valence-corrected chi connectivity index (χ4v) is 7.38. The number of carbonyl (C=O) groups excluding carboxylic acids is 1. The van der Waals surface area contributed by atoms with Crippen molar-refractivity contribution in [1.29, 1.82) is 0 Å². The van der Waals surface area contributed by atoms with E-state index in [0.29, 0.717) is 10.9 Å². The number of thioether (sulfide) groups is 1. The zero-order valence-corrected chi connectivity index (χ0v) is 25.6. The van der Waals surface area contributed by atoms with E-state index < -0.39 is 0 Å². The maximum Gasteiger partial charge on any atom is 0.267 e. The fourth-order valence-electron chi connectivity index (χ4n) is 5.01. The maximum absolute atomic E-state index is 13.9. The maximum atomic E-state index is 13.9. The summed E-state index contributed by atoms with van der Waals surface area (Å²) >= 11 is 6.33. The molecule has 0 saturated carbocycles. The van der Waals surface area contributed by atoms with E-state index in [9.17, 15) is 9.59 Å². The average molecular weight is 644 g/mol. The molecule has 1 N–H and O–H groups in total. The molecule has 1 aliphatic rings. The molecule has 9 heteroatoms. The van der Waals surface area contributed by atoms with Crippen molar-refractivity contribution in [3.05, 3.63) is 110 Å². The molecule has 0 radical (unpaired) electrons. The van der Waals surface area contributed by atoms with Gasteiger partial charge in [0.2, 0.25) is 0 Å². The number of halogens is 1. The van der Waals surface area contributed by atoms with Gasteiger partial charge in [0.25, 0.3) is 11.5 Å². The summed E-state index contributed by atoms with van der Waals surface area (Å²) in [5, 5.41) is 5.54. The first kappa shape index (κ1) is 27.6. The van der Waals surface area contributed by atoms with Crippen molar-refractivity contribution in [2.45, 2.75) is 37.8 Å². The van der Waals surface area contributed by atoms with Crippen molar-refractivity contribution in [1.82, 2.24) is 15.0 Å². The number of carbonyl (C=O) groups is 1. The van der Waals surface area contributed by atoms with Crippen LogP contribution in [0.25, 0.3) is 27.0 Å². The van der Waals surface area contributed by atoms with Crippen molar-refractivity contribution in [2.75, 3.05) is 5.75 Å². The molecule has 1 aliphatic carbocycles. The van der Waals surface area contributed by atoms with Gasteiger partial charge < -0.3 is 0 Å². The Labute approximate surface area is 254 Å². The van der Waals surface area contributed by atoms with Crippen LogP contribution in [0, 0.1) is 0 Å². The number of hydrazone groups is 1. The summed E-state index contributed by atoms with van der Waals surface area (Å²) in [6.45, 7) is 1.87. The van der Waals surface area contributed by atoms with Gasteiger partial charge >= 0.3 is 0 Å². The van der Waals surface area contributed by atoms with Gasteiger partial charge in [0.05, 0.1) is 22.5 Å². The Kier molecular flexibility index (Phi) is 8.18. The lowest BCUT2D eigenvalue weighted by Gasteiger charge is -2.13. The minimum atomic E-state index is -0.266. The summed E-state index contributed by atoms with van der Waals surface area (Å²) in [4.78, 5) is 33.6. The Morgan fingerprint density at radius 3 is 2.46 bits per heavy atom. The van der Waals surface area contributed by atoms with E-state index >= 15 is 0 Å². The quantitative estimate of drug-likeness (QED) is 0.0869. The van der Waals surface area contributed by atoms with Gasteiger partial charge in [-0.05, 0) is 79.1 Å². The first-order chi connectivity index (χ1) is 20.0. The summed E-state index contributed by atoms with van der Waals surface area (Å²) in [5.41, 5.74) is 8.36. The lowest BCUT2D eigenvalue weighted by Crippen LogP contribution is -2.24. The first-order valence-corrected chi connectivity index (χ1v) is 16.0. The molecule has 2 aromatic heterocycles. The molecule has 41 heavy (non-hydrogen) atoms. The Bertz CT molecular complexity index is 1810. The number of hydrogen-bond acceptors (Lipinski definition) is 6. The predicted octanol–water partition coefficient (Wildman–Crippen LogP) is 7.39. The van der Waals surface area contributed by atoms with Crippen LogP contribution in [0.1, 0.15) is 35.8 Å². The third-order valence-corrected chi connectivity index (χ3v) is 9.79. The van der Waals surface area contributed by atoms with E-state index in [2.05, 4.69) is 38.6 Å². The van der Waals surface area contributed by atoms with Crippen LogP contribution in [0.4, 0.5) is 0 Å². The van der Waals surface area contributed by atoms with Crippen molar-refractivity contribution >= 4 is 60.9 Å². The van der Waals surface area contributed by atoms with Gasteiger partial charge in [-0.2, -0.15) is 5.10 Å². The van der Waals surface area contributed by atoms with Crippen molar-refractivity contribution < 1.29 is 4.79 Å². The number of fused-ring (bicyclic) bond motifs is 3. The molecular formula is C32H27BrN4O2S2. The highest BCUT2D eigenvalue weighted by Gasteiger charge is 2.23. The van der Waals surface area contributed by atoms with Crippen LogP contribution in [0.2, 0.25) is 0 Å². The Balaban J connectivity index is 1.21. The lowest BCUT2D eigenvalue weighted by molar-refractivity contribution is -0.118. The zero-order chi connectivity index (χ0) is 28.3. The molecule has 0 aliphatic heterocycles. The summed E-state index contributed by atoms with van der Waals surface area (Å²) in [7, 11) is 0. The number of benzene rings is 3. The topological polar surface area (TPSA) is 76.3 Å². The molecule has 1 amide bonds. The second kappa shape index (κ2) is 12.1. The summed E-state index contributed by atoms with van der Waals surface area (Å²) in [5.74, 6) is -0.194. The molecule has 2 heterocycles. The molecule has 0 atom stereocenters. The molecule has 6 nitrogen and oxygen atoms in total. The van der Waals surface area contributed by atoms with Crippen LogP contribution >= 0.6 is 39.0 Å². The second-order valence-corrected chi connectivity index (χ2v) is 12.8. The number of nitrogens with zero attached hydrogens (tertiary/aromatic N) is 3. The van der Waals surface area contributed by atoms with Crippen LogP contribution in [0.15, 0.2) is 98.4 Å². The third-order valence-electron chi connectivity index (χ3n) is 7.13. The van der Waals surface area contributed by atoms with E-state index in [1.165, 1.54) is 16.6 Å². The normalized spacial score (nSPS) is 13.3. The van der Waals surface area contributed by atoms with Crippen molar-refractivity contribution in [3.8, 4) is 16.8 Å². The molecule has 6 rings (SSSR count). The fraction of sp³-hybridized carbons (Fsp3) is 0.188. The third kappa shape index (κ3) is 5.93. The molecule has 0 fully saturated rings. The molecule has 0 unspecified atom stereocenters. The zero-order valence-electron chi connectivity index (χ0n) is 22.4. The van der Waals surface area contributed by atoms with Gasteiger partial charge in [-0.1, -0.05) is 82.3 Å². The largest absolute Gasteiger partial charge is 0.272 e. The number of nitrogens with one attached hydrogen (secondary N) is 1. The standard InChI is InChI=1S/C32H27BrN4O2S2/c1-20(21-11-13-23(14-12-21)22-7-3-2-4-8-22)35-36-28(38)19-40-32-34-30-29(26-9-5-6-10-27(26)41-30)31(39)37(32)25-17-15-24(33)16-18-25/h2-4,7-8,11-18H,5-6,9-10,19H2,1H3,(H,36,38). The van der Waals surface area contributed by atoms with Crippen LogP contribution in [-0.2, 0) is 17.6 Å². The average Bonchev–Trinajstić information content (AvgIpc) is 3.39. The van der Waals surface area contributed by atoms with E-state index in [1.807, 2.05) is 73.7 Å². The minimum Gasteiger partial charge on any atom is -0.272 e. The molecule has 5 aromatic rings. The lowest BCUT2D eigenvalue weighted by atomic mass is 9.97. The predicted molar refractivity (Wildman–Crippen MR) is 173 cm³/mol. The monoisotopic (exact) mass is 642 g/mol. The molecule has 0 saturated heterocycles. The number of hydrogen-bond donors (Lipinski definition) is 1. The van der Waals surface area contributed by atoms with Crippen molar-refractivity contribution in [3.63, 3.8) is 0 Å². The van der Waals surface area contributed by atoms with Gasteiger partial charge in [0.15, 0.2) is 5.16 Å². The number of rotatable bonds is 7. The Morgan fingerprint density at radius 1 is 1.00 bits per heavy atom. The highest BCUT2D eigenvalue weighted by Crippen LogP contribution is 2.35. The van der Waals surface area contributed by atoms with E-state index in [4.69, 9.17) is 4.98 Å². The smallest absolute Gasteiger partial charge is 0.267 e. The van der Waals surface area contributed by atoms with Gasteiger partial charge in [0, 0.05) is 9.35 Å². The molecule has 206 valence electrons. The van der Waals surface area contributed by atoms with Gasteiger partial charge in [-0.3, -0.25) is 14.2 Å². The highest BCUT2D eigenvalue weighted by atomic mass is 79.9. The summed E-state index contributed by atoms with van der Waals surface area (Å²) in [6, 6.07) is 25.9. The molecular weight excluding hydrogens is 616 g/mol. The van der Waals surface area contributed by atoms with E-state index in [-0.39, 0.29) is 17.2 Å². The van der Waals surface area contributed by atoms with Gasteiger partial charge in [-0.15, -0.1) is 11.3 Å². The second-order valence-electron chi connectivity index (χ2n) is 9.87. The van der Waals surface area contributed by atoms with Gasteiger partial charge in [0.1, 0.15) is 4.83 Å². The van der Waals surface area contributed by atoms with Crippen LogP contribution in [-0.4, -0.2) is 26.9 Å². The highest BCUT2D eigenvalue weighted by molar-refractivity contribution is 9.10. The molecule has 3 aromatic carbocycles. The summed E-state index contributed by atoms with van der Waals surface area (Å²) < 4.78 is 2.56. The Morgan fingerprint density at radius 2 is 1.71 bits per heavy atom. The number of aromatic nitrogens is 2. The SMILES string of the molecule is CC(=NNC(=O)CSc1nc2sc3c(c2c(=O)n1-c1ccc(Br)cc1)CCCC3)c1ccc(-c2ccccc2)cc1. The number of amides is 1. The number of thiophene rings is 1. The van der Waals surface area contributed by atoms with Crippen LogP contribution < -0.4 is 11.0 Å². The minimum absolute atomic E-state index is 0.0727. The van der Waals surface area contributed by atoms with Crippen molar-refractivity contribution in [2.24, 2.45) is 5.10 Å². The van der Waals surface area contributed by atoms with E-state index in [1.54, 1.807) is 15.9 Å². The summed E-state index contributed by atoms with van der Waals surface area (Å²) in [6.07, 6.45) is 4.13. The number of aryl methyl sites for hydroxylation is 2. The molecule has 0 spiro atoms.